The van der Waals surface area contributed by atoms with Gasteiger partial charge in [0.1, 0.15) is 0 Å². The second kappa shape index (κ2) is 6.58. The van der Waals surface area contributed by atoms with E-state index in [-0.39, 0.29) is 0 Å². The number of hydrogen-bond acceptors (Lipinski definition) is 2. The first-order valence-corrected chi connectivity index (χ1v) is 6.46. The lowest BCUT2D eigenvalue weighted by atomic mass is 10.1. The largest absolute Gasteiger partial charge is 0.368 e. The van der Waals surface area contributed by atoms with E-state index in [1.165, 1.54) is 6.07 Å². The van der Waals surface area contributed by atoms with Gasteiger partial charge in [0.2, 0.25) is 5.95 Å². The van der Waals surface area contributed by atoms with Gasteiger partial charge in [-0.1, -0.05) is 27.7 Å². The molecule has 1 aromatic rings. The first-order chi connectivity index (χ1) is 8.08. The van der Waals surface area contributed by atoms with E-state index in [0.717, 1.165) is 25.1 Å². The van der Waals surface area contributed by atoms with Gasteiger partial charge in [-0.2, -0.15) is 4.39 Å². The molecule has 0 bridgehead atoms. The molecule has 2 nitrogen and oxygen atoms in total. The molecule has 96 valence electrons. The fraction of sp³-hybridized carbons (Fsp3) is 0.643. The van der Waals surface area contributed by atoms with Gasteiger partial charge in [0, 0.05) is 30.5 Å². The topological polar surface area (TPSA) is 16.1 Å². The molecule has 0 fully saturated rings. The molecular formula is C14H23FN2. The van der Waals surface area contributed by atoms with Crippen LogP contribution in [0.3, 0.4) is 0 Å². The summed E-state index contributed by atoms with van der Waals surface area (Å²) in [6.07, 6.45) is 3.70. The fourth-order valence-corrected chi connectivity index (χ4v) is 2.16. The number of pyridine rings is 1. The number of rotatable bonds is 6. The third-order valence-electron chi connectivity index (χ3n) is 2.99. The van der Waals surface area contributed by atoms with Crippen molar-refractivity contribution in [1.29, 1.82) is 0 Å². The summed E-state index contributed by atoms with van der Waals surface area (Å²) >= 11 is 0. The van der Waals surface area contributed by atoms with E-state index in [4.69, 9.17) is 0 Å². The maximum Gasteiger partial charge on any atom is 0.214 e. The van der Waals surface area contributed by atoms with Crippen LogP contribution in [0.4, 0.5) is 10.1 Å². The van der Waals surface area contributed by atoms with Crippen molar-refractivity contribution in [1.82, 2.24) is 4.98 Å². The van der Waals surface area contributed by atoms with E-state index in [1.807, 2.05) is 6.07 Å². The molecule has 0 aliphatic rings. The first kappa shape index (κ1) is 13.9. The summed E-state index contributed by atoms with van der Waals surface area (Å²) in [7, 11) is 0. The summed E-state index contributed by atoms with van der Waals surface area (Å²) < 4.78 is 13.2. The Morgan fingerprint density at radius 1 is 1.29 bits per heavy atom. The molecule has 0 aromatic carbocycles. The lowest BCUT2D eigenvalue weighted by molar-refractivity contribution is 0.504. The molecule has 0 saturated carbocycles. The van der Waals surface area contributed by atoms with Gasteiger partial charge in [0.05, 0.1) is 0 Å². The monoisotopic (exact) mass is 238 g/mol. The lowest BCUT2D eigenvalue weighted by Gasteiger charge is -2.34. The number of halogens is 1. The molecule has 0 unspecified atom stereocenters. The second-order valence-corrected chi connectivity index (χ2v) is 4.85. The molecule has 3 heteroatoms. The Balaban J connectivity index is 2.96. The van der Waals surface area contributed by atoms with Crippen molar-refractivity contribution in [2.45, 2.75) is 46.6 Å². The van der Waals surface area contributed by atoms with Crippen LogP contribution in [0.1, 0.15) is 40.5 Å². The zero-order valence-corrected chi connectivity index (χ0v) is 11.3. The second-order valence-electron chi connectivity index (χ2n) is 4.85. The highest BCUT2D eigenvalue weighted by atomic mass is 19.1. The van der Waals surface area contributed by atoms with E-state index in [2.05, 4.69) is 37.6 Å². The summed E-state index contributed by atoms with van der Waals surface area (Å²) in [6, 6.07) is 3.89. The molecule has 1 rings (SSSR count). The van der Waals surface area contributed by atoms with E-state index in [1.54, 1.807) is 6.20 Å². The van der Waals surface area contributed by atoms with Crippen LogP contribution in [0, 0.1) is 11.9 Å². The summed E-state index contributed by atoms with van der Waals surface area (Å²) in [5.41, 5.74) is 0.944. The fourth-order valence-electron chi connectivity index (χ4n) is 2.16. The van der Waals surface area contributed by atoms with E-state index in [9.17, 15) is 4.39 Å². The molecule has 0 spiro atoms. The van der Waals surface area contributed by atoms with Crippen molar-refractivity contribution in [3.63, 3.8) is 0 Å². The van der Waals surface area contributed by atoms with Crippen LogP contribution < -0.4 is 4.90 Å². The first-order valence-electron chi connectivity index (χ1n) is 6.46. The molecule has 0 atom stereocenters. The van der Waals surface area contributed by atoms with Crippen LogP contribution in [0.2, 0.25) is 0 Å². The van der Waals surface area contributed by atoms with Crippen molar-refractivity contribution >= 4 is 5.69 Å². The van der Waals surface area contributed by atoms with E-state index < -0.39 is 5.95 Å². The Hall–Kier alpha value is -1.12. The number of anilines is 1. The molecule has 1 aromatic heterocycles. The molecule has 0 N–H and O–H groups in total. The number of hydrogen-bond donors (Lipinski definition) is 0. The molecule has 17 heavy (non-hydrogen) atoms. The van der Waals surface area contributed by atoms with Gasteiger partial charge in [-0.3, -0.25) is 0 Å². The number of nitrogens with zero attached hydrogens (tertiary/aromatic N) is 2. The van der Waals surface area contributed by atoms with Gasteiger partial charge < -0.3 is 4.90 Å². The third-order valence-corrected chi connectivity index (χ3v) is 2.99. The summed E-state index contributed by atoms with van der Waals surface area (Å²) in [6.45, 7) is 9.69. The normalized spacial score (nSPS) is 11.2. The minimum atomic E-state index is -0.401. The molecule has 0 radical (unpaired) electrons. The number of aromatic nitrogens is 1. The van der Waals surface area contributed by atoms with Crippen molar-refractivity contribution < 1.29 is 4.39 Å². The average molecular weight is 238 g/mol. The molecular weight excluding hydrogens is 215 g/mol. The van der Waals surface area contributed by atoms with Crippen molar-refractivity contribution in [2.24, 2.45) is 5.92 Å². The van der Waals surface area contributed by atoms with Gasteiger partial charge >= 0.3 is 0 Å². The van der Waals surface area contributed by atoms with Gasteiger partial charge in [0.15, 0.2) is 0 Å². The Bertz CT molecular complexity index is 335. The average Bonchev–Trinajstić information content (AvgIpc) is 2.29. The zero-order chi connectivity index (χ0) is 12.8. The molecule has 1 heterocycles. The minimum Gasteiger partial charge on any atom is -0.368 e. The Morgan fingerprint density at radius 3 is 2.41 bits per heavy atom. The Morgan fingerprint density at radius 2 is 1.94 bits per heavy atom. The van der Waals surface area contributed by atoms with Crippen molar-refractivity contribution in [3.05, 3.63) is 24.3 Å². The Labute approximate surface area is 104 Å². The molecule has 0 aliphatic heterocycles. The lowest BCUT2D eigenvalue weighted by Crippen LogP contribution is -2.37. The highest BCUT2D eigenvalue weighted by Gasteiger charge is 2.17. The predicted octanol–water partition coefficient (Wildman–Crippen LogP) is 3.87. The summed E-state index contributed by atoms with van der Waals surface area (Å²) in [4.78, 5) is 5.92. The molecule has 0 aliphatic carbocycles. The highest BCUT2D eigenvalue weighted by Crippen LogP contribution is 2.21. The van der Waals surface area contributed by atoms with Crippen LogP contribution in [0.15, 0.2) is 18.3 Å². The predicted molar refractivity (Wildman–Crippen MR) is 70.7 cm³/mol. The zero-order valence-electron chi connectivity index (χ0n) is 11.3. The summed E-state index contributed by atoms with van der Waals surface area (Å²) in [5.74, 6) is 0.161. The molecule has 0 amide bonds. The Kier molecular flexibility index (Phi) is 5.39. The van der Waals surface area contributed by atoms with Crippen LogP contribution in [0.25, 0.3) is 0 Å². The van der Waals surface area contributed by atoms with Crippen molar-refractivity contribution in [2.75, 3.05) is 11.4 Å². The minimum absolute atomic E-state index is 0.401. The quantitative estimate of drug-likeness (QED) is 0.699. The maximum absolute atomic E-state index is 13.2. The van der Waals surface area contributed by atoms with Gasteiger partial charge in [-0.25, -0.2) is 4.98 Å². The third kappa shape index (κ3) is 3.99. The van der Waals surface area contributed by atoms with Crippen LogP contribution >= 0.6 is 0 Å². The standard InChI is InChI=1S/C14H23FN2/c1-5-12(6-2)17(10-11(3)4)13-7-8-16-14(15)9-13/h7-9,11-12H,5-6,10H2,1-4H3. The van der Waals surface area contributed by atoms with Crippen LogP contribution in [-0.2, 0) is 0 Å². The molecule has 0 saturated heterocycles. The van der Waals surface area contributed by atoms with Gasteiger partial charge in [-0.05, 0) is 24.8 Å². The maximum atomic E-state index is 13.2. The van der Waals surface area contributed by atoms with Crippen LogP contribution in [-0.4, -0.2) is 17.6 Å². The SMILES string of the molecule is CCC(CC)N(CC(C)C)c1ccnc(F)c1. The highest BCUT2D eigenvalue weighted by molar-refractivity contribution is 5.46. The smallest absolute Gasteiger partial charge is 0.214 e. The van der Waals surface area contributed by atoms with E-state index >= 15 is 0 Å². The van der Waals surface area contributed by atoms with Gasteiger partial charge in [0.25, 0.3) is 0 Å². The van der Waals surface area contributed by atoms with Gasteiger partial charge in [-0.15, -0.1) is 0 Å². The summed E-state index contributed by atoms with van der Waals surface area (Å²) in [5, 5.41) is 0. The van der Waals surface area contributed by atoms with Crippen molar-refractivity contribution in [3.8, 4) is 0 Å². The van der Waals surface area contributed by atoms with Crippen LogP contribution in [0.5, 0.6) is 0 Å². The van der Waals surface area contributed by atoms with E-state index in [0.29, 0.717) is 12.0 Å².